The quantitative estimate of drug-likeness (QED) is 0.439. The molecule has 5 nitrogen and oxygen atoms in total. The molecular weight excluding hydrogens is 425 g/mol. The first-order valence-electron chi connectivity index (χ1n) is 9.58. The summed E-state index contributed by atoms with van der Waals surface area (Å²) in [4.78, 5) is 0. The number of ether oxygens (including phenoxy) is 4. The van der Waals surface area contributed by atoms with Crippen LogP contribution in [0.2, 0.25) is 10.0 Å². The highest BCUT2D eigenvalue weighted by atomic mass is 35.5. The Balaban J connectivity index is 1.42. The van der Waals surface area contributed by atoms with Crippen molar-refractivity contribution in [2.45, 2.75) is 20.1 Å². The molecule has 3 aromatic carbocycles. The minimum absolute atomic E-state index is 0.264. The lowest BCUT2D eigenvalue weighted by atomic mass is 10.2. The van der Waals surface area contributed by atoms with Crippen molar-refractivity contribution >= 4 is 28.9 Å². The van der Waals surface area contributed by atoms with Crippen molar-refractivity contribution in [3.05, 3.63) is 75.8 Å². The second-order valence-corrected chi connectivity index (χ2v) is 7.49. The zero-order valence-corrected chi connectivity index (χ0v) is 17.9. The first-order chi connectivity index (χ1) is 14.6. The molecule has 1 aliphatic rings. The number of anilines is 1. The molecule has 1 aliphatic heterocycles. The largest absolute Gasteiger partial charge is 0.490 e. The molecule has 156 valence electrons. The van der Waals surface area contributed by atoms with E-state index in [4.69, 9.17) is 42.1 Å². The first kappa shape index (κ1) is 20.5. The van der Waals surface area contributed by atoms with Crippen molar-refractivity contribution in [2.75, 3.05) is 18.7 Å². The van der Waals surface area contributed by atoms with Crippen LogP contribution in [0.5, 0.6) is 23.0 Å². The molecule has 30 heavy (non-hydrogen) atoms. The lowest BCUT2D eigenvalue weighted by molar-refractivity contribution is 0.174. The summed E-state index contributed by atoms with van der Waals surface area (Å²) in [5.74, 6) is 2.89. The van der Waals surface area contributed by atoms with Gasteiger partial charge in [0, 0.05) is 18.3 Å². The van der Waals surface area contributed by atoms with Gasteiger partial charge in [-0.25, -0.2) is 0 Å². The predicted molar refractivity (Wildman–Crippen MR) is 118 cm³/mol. The number of benzene rings is 3. The van der Waals surface area contributed by atoms with Gasteiger partial charge in [-0.15, -0.1) is 0 Å². The van der Waals surface area contributed by atoms with Crippen LogP contribution in [-0.4, -0.2) is 13.4 Å². The van der Waals surface area contributed by atoms with Crippen LogP contribution < -0.4 is 24.3 Å². The standard InChI is InChI=1S/C23H21Cl2NO4/c1-2-27-22-10-15(12-26-17-5-8-21-23(11-17)30-14-29-21)4-7-20(22)28-13-16-3-6-18(24)19(25)9-16/h3-11,26H,2,12-14H2,1H3. The van der Waals surface area contributed by atoms with Gasteiger partial charge in [-0.1, -0.05) is 35.3 Å². The van der Waals surface area contributed by atoms with Gasteiger partial charge < -0.3 is 24.3 Å². The van der Waals surface area contributed by atoms with Crippen molar-refractivity contribution in [1.82, 2.24) is 0 Å². The SMILES string of the molecule is CCOc1cc(CNc2ccc3c(c2)OCO3)ccc1OCc1ccc(Cl)c(Cl)c1. The highest BCUT2D eigenvalue weighted by molar-refractivity contribution is 6.42. The molecule has 7 heteroatoms. The fraction of sp³-hybridized carbons (Fsp3) is 0.217. The molecule has 0 spiro atoms. The van der Waals surface area contributed by atoms with E-state index >= 15 is 0 Å². The number of nitrogens with one attached hydrogen (secondary N) is 1. The van der Waals surface area contributed by atoms with Gasteiger partial charge in [0.25, 0.3) is 0 Å². The van der Waals surface area contributed by atoms with E-state index < -0.39 is 0 Å². The molecule has 0 atom stereocenters. The number of hydrogen-bond acceptors (Lipinski definition) is 5. The summed E-state index contributed by atoms with van der Waals surface area (Å²) in [6, 6.07) is 17.1. The summed E-state index contributed by atoms with van der Waals surface area (Å²) in [7, 11) is 0. The van der Waals surface area contributed by atoms with Crippen LogP contribution in [0.4, 0.5) is 5.69 Å². The lowest BCUT2D eigenvalue weighted by Crippen LogP contribution is -2.03. The molecule has 0 unspecified atom stereocenters. The third-order valence-electron chi connectivity index (χ3n) is 4.56. The van der Waals surface area contributed by atoms with Gasteiger partial charge in [0.2, 0.25) is 6.79 Å². The van der Waals surface area contributed by atoms with Crippen LogP contribution in [0.25, 0.3) is 0 Å². The van der Waals surface area contributed by atoms with Crippen LogP contribution in [-0.2, 0) is 13.2 Å². The highest BCUT2D eigenvalue weighted by Gasteiger charge is 2.13. The molecule has 0 fully saturated rings. The van der Waals surface area contributed by atoms with E-state index in [9.17, 15) is 0 Å². The Bertz CT molecular complexity index is 1040. The van der Waals surface area contributed by atoms with Crippen molar-refractivity contribution in [2.24, 2.45) is 0 Å². The minimum Gasteiger partial charge on any atom is -0.490 e. The molecule has 0 radical (unpaired) electrons. The average Bonchev–Trinajstić information content (AvgIpc) is 3.22. The van der Waals surface area contributed by atoms with E-state index in [1.165, 1.54) is 0 Å². The van der Waals surface area contributed by atoms with Gasteiger partial charge in [-0.3, -0.25) is 0 Å². The third kappa shape index (κ3) is 4.86. The maximum Gasteiger partial charge on any atom is 0.231 e. The summed E-state index contributed by atoms with van der Waals surface area (Å²) in [6.07, 6.45) is 0. The zero-order valence-electron chi connectivity index (χ0n) is 16.4. The summed E-state index contributed by atoms with van der Waals surface area (Å²) >= 11 is 12.1. The number of fused-ring (bicyclic) bond motifs is 1. The Morgan fingerprint density at radius 1 is 0.833 bits per heavy atom. The molecule has 3 aromatic rings. The molecule has 0 aliphatic carbocycles. The van der Waals surface area contributed by atoms with Crippen LogP contribution in [0.15, 0.2) is 54.6 Å². The average molecular weight is 446 g/mol. The fourth-order valence-corrected chi connectivity index (χ4v) is 3.37. The van der Waals surface area contributed by atoms with E-state index in [1.54, 1.807) is 12.1 Å². The summed E-state index contributed by atoms with van der Waals surface area (Å²) in [5, 5.41) is 4.42. The number of rotatable bonds is 8. The predicted octanol–water partition coefficient (Wildman–Crippen LogP) is 6.31. The van der Waals surface area contributed by atoms with E-state index in [2.05, 4.69) is 5.32 Å². The van der Waals surface area contributed by atoms with Crippen LogP contribution >= 0.6 is 23.2 Å². The van der Waals surface area contributed by atoms with Gasteiger partial charge >= 0.3 is 0 Å². The topological polar surface area (TPSA) is 49.0 Å². The molecule has 1 heterocycles. The lowest BCUT2D eigenvalue weighted by Gasteiger charge is -2.14. The van der Waals surface area contributed by atoms with E-state index in [1.807, 2.05) is 49.4 Å². The van der Waals surface area contributed by atoms with E-state index in [0.717, 1.165) is 28.3 Å². The van der Waals surface area contributed by atoms with Crippen LogP contribution in [0, 0.1) is 0 Å². The van der Waals surface area contributed by atoms with Gasteiger partial charge in [-0.2, -0.15) is 0 Å². The molecule has 0 bridgehead atoms. The molecule has 0 amide bonds. The van der Waals surface area contributed by atoms with Crippen molar-refractivity contribution in [1.29, 1.82) is 0 Å². The Hall–Kier alpha value is -2.76. The number of halogens is 2. The molecule has 4 rings (SSSR count). The Labute approximate surface area is 185 Å². The molecule has 0 aromatic heterocycles. The Kier molecular flexibility index (Phi) is 6.41. The number of hydrogen-bond donors (Lipinski definition) is 1. The van der Waals surface area contributed by atoms with Crippen molar-refractivity contribution in [3.63, 3.8) is 0 Å². The summed E-state index contributed by atoms with van der Waals surface area (Å²) in [5.41, 5.74) is 2.95. The Morgan fingerprint density at radius 3 is 2.50 bits per heavy atom. The maximum atomic E-state index is 6.08. The maximum absolute atomic E-state index is 6.08. The van der Waals surface area contributed by atoms with Crippen molar-refractivity contribution in [3.8, 4) is 23.0 Å². The van der Waals surface area contributed by atoms with E-state index in [-0.39, 0.29) is 6.79 Å². The van der Waals surface area contributed by atoms with Gasteiger partial charge in [0.05, 0.1) is 16.7 Å². The molecule has 0 saturated carbocycles. The Morgan fingerprint density at radius 2 is 1.67 bits per heavy atom. The van der Waals surface area contributed by atoms with Crippen LogP contribution in [0.3, 0.4) is 0 Å². The second kappa shape index (κ2) is 9.37. The molecule has 0 saturated heterocycles. The minimum atomic E-state index is 0.264. The second-order valence-electron chi connectivity index (χ2n) is 6.67. The van der Waals surface area contributed by atoms with E-state index in [0.29, 0.717) is 41.3 Å². The third-order valence-corrected chi connectivity index (χ3v) is 5.29. The monoisotopic (exact) mass is 445 g/mol. The summed E-state index contributed by atoms with van der Waals surface area (Å²) in [6.45, 7) is 3.75. The smallest absolute Gasteiger partial charge is 0.231 e. The first-order valence-corrected chi connectivity index (χ1v) is 10.3. The van der Waals surface area contributed by atoms with Gasteiger partial charge in [-0.05, 0) is 54.4 Å². The van der Waals surface area contributed by atoms with Gasteiger partial charge in [0.15, 0.2) is 23.0 Å². The van der Waals surface area contributed by atoms with Crippen molar-refractivity contribution < 1.29 is 18.9 Å². The normalized spacial score (nSPS) is 12.0. The summed E-state index contributed by atoms with van der Waals surface area (Å²) < 4.78 is 22.5. The zero-order chi connectivity index (χ0) is 20.9. The fourth-order valence-electron chi connectivity index (χ4n) is 3.05. The molecule has 1 N–H and O–H groups in total. The highest BCUT2D eigenvalue weighted by Crippen LogP contribution is 2.35. The molecular formula is C23H21Cl2NO4. The van der Waals surface area contributed by atoms with Crippen LogP contribution in [0.1, 0.15) is 18.1 Å². The van der Waals surface area contributed by atoms with Gasteiger partial charge in [0.1, 0.15) is 6.61 Å².